The number of anilines is 2. The number of carbonyl (C=O) groups excluding carboxylic acids is 1. The van der Waals surface area contributed by atoms with E-state index in [1.165, 1.54) is 6.07 Å². The van der Waals surface area contributed by atoms with Crippen molar-refractivity contribution < 1.29 is 13.7 Å². The van der Waals surface area contributed by atoms with Crippen molar-refractivity contribution in [2.45, 2.75) is 39.5 Å². The molecule has 0 saturated carbocycles. The van der Waals surface area contributed by atoms with Crippen LogP contribution in [-0.2, 0) is 11.8 Å². The maximum absolute atomic E-state index is 13.7. The van der Waals surface area contributed by atoms with Crippen molar-refractivity contribution in [3.05, 3.63) is 41.4 Å². The smallest absolute Gasteiger partial charge is 0.324 e. The summed E-state index contributed by atoms with van der Waals surface area (Å²) >= 11 is 0. The Balaban J connectivity index is 2.01. The molecule has 22 heavy (non-hydrogen) atoms. The Hall–Kier alpha value is -2.37. The molecule has 0 unspecified atom stereocenters. The fourth-order valence-corrected chi connectivity index (χ4v) is 1.88. The minimum atomic E-state index is -0.502. The van der Waals surface area contributed by atoms with Gasteiger partial charge in [-0.2, -0.15) is 0 Å². The molecular formula is C16H20FN3O2. The molecule has 0 spiro atoms. The molecule has 0 aliphatic carbocycles. The lowest BCUT2D eigenvalue weighted by atomic mass is 9.93. The Morgan fingerprint density at radius 1 is 1.27 bits per heavy atom. The van der Waals surface area contributed by atoms with E-state index in [9.17, 15) is 9.18 Å². The van der Waals surface area contributed by atoms with Gasteiger partial charge in [0, 0.05) is 17.2 Å². The van der Waals surface area contributed by atoms with Crippen molar-refractivity contribution >= 4 is 17.5 Å². The van der Waals surface area contributed by atoms with Gasteiger partial charge < -0.3 is 9.84 Å². The first-order chi connectivity index (χ1) is 10.3. The third-order valence-corrected chi connectivity index (χ3v) is 3.18. The summed E-state index contributed by atoms with van der Waals surface area (Å²) in [6, 6.07) is 5.77. The fraction of sp³-hybridized carbons (Fsp3) is 0.375. The predicted molar refractivity (Wildman–Crippen MR) is 83.6 cm³/mol. The highest BCUT2D eigenvalue weighted by Gasteiger charge is 2.20. The fourth-order valence-electron chi connectivity index (χ4n) is 1.88. The molecule has 0 saturated heterocycles. The zero-order chi connectivity index (χ0) is 16.3. The summed E-state index contributed by atoms with van der Waals surface area (Å²) in [6.07, 6.45) is 0.604. The van der Waals surface area contributed by atoms with E-state index in [0.717, 1.165) is 0 Å². The van der Waals surface area contributed by atoms with Gasteiger partial charge in [-0.3, -0.25) is 5.32 Å². The number of carbonyl (C=O) groups is 1. The molecule has 0 radical (unpaired) electrons. The highest BCUT2D eigenvalue weighted by Crippen LogP contribution is 2.24. The predicted octanol–water partition coefficient (Wildman–Crippen LogP) is 4.32. The number of benzene rings is 1. The molecule has 5 nitrogen and oxygen atoms in total. The first kappa shape index (κ1) is 16.0. The van der Waals surface area contributed by atoms with E-state index in [1.807, 2.05) is 27.7 Å². The summed E-state index contributed by atoms with van der Waals surface area (Å²) in [5.41, 5.74) is 0.798. The van der Waals surface area contributed by atoms with Gasteiger partial charge in [0.15, 0.2) is 5.82 Å². The standard InChI is InChI=1S/C16H20FN3O2/c1-5-10-6-7-11(8-12(10)17)18-15(21)19-14-9-13(22-20-14)16(2,3)4/h6-9H,5H2,1-4H3,(H2,18,19,20,21). The van der Waals surface area contributed by atoms with E-state index in [0.29, 0.717) is 29.2 Å². The van der Waals surface area contributed by atoms with Gasteiger partial charge in [-0.1, -0.05) is 38.9 Å². The number of aromatic nitrogens is 1. The third-order valence-electron chi connectivity index (χ3n) is 3.18. The largest absolute Gasteiger partial charge is 0.359 e. The zero-order valence-electron chi connectivity index (χ0n) is 13.2. The quantitative estimate of drug-likeness (QED) is 0.887. The van der Waals surface area contributed by atoms with E-state index >= 15 is 0 Å². The molecule has 2 rings (SSSR count). The monoisotopic (exact) mass is 305 g/mol. The number of nitrogens with one attached hydrogen (secondary N) is 2. The molecule has 0 fully saturated rings. The summed E-state index contributed by atoms with van der Waals surface area (Å²) in [5, 5.41) is 8.90. The number of hydrogen-bond donors (Lipinski definition) is 2. The zero-order valence-corrected chi connectivity index (χ0v) is 13.2. The van der Waals surface area contributed by atoms with Crippen LogP contribution in [0.3, 0.4) is 0 Å². The van der Waals surface area contributed by atoms with Gasteiger partial charge in [-0.15, -0.1) is 0 Å². The number of halogens is 1. The molecule has 2 aromatic rings. The van der Waals surface area contributed by atoms with Crippen molar-refractivity contribution in [3.63, 3.8) is 0 Å². The van der Waals surface area contributed by atoms with E-state index < -0.39 is 6.03 Å². The molecule has 0 bridgehead atoms. The van der Waals surface area contributed by atoms with Gasteiger partial charge >= 0.3 is 6.03 Å². The minimum Gasteiger partial charge on any atom is -0.359 e. The molecule has 0 aliphatic heterocycles. The highest BCUT2D eigenvalue weighted by atomic mass is 19.1. The number of nitrogens with zero attached hydrogens (tertiary/aromatic N) is 1. The topological polar surface area (TPSA) is 67.2 Å². The van der Waals surface area contributed by atoms with Gasteiger partial charge in [0.1, 0.15) is 11.6 Å². The van der Waals surface area contributed by atoms with Gasteiger partial charge in [-0.25, -0.2) is 9.18 Å². The van der Waals surface area contributed by atoms with Crippen LogP contribution in [0.5, 0.6) is 0 Å². The maximum Gasteiger partial charge on any atom is 0.324 e. The minimum absolute atomic E-state index is 0.192. The van der Waals surface area contributed by atoms with Crippen molar-refractivity contribution in [2.75, 3.05) is 10.6 Å². The van der Waals surface area contributed by atoms with Crippen LogP contribution in [0.25, 0.3) is 0 Å². The molecule has 0 aliphatic rings. The third kappa shape index (κ3) is 3.84. The van der Waals surface area contributed by atoms with Crippen molar-refractivity contribution in [2.24, 2.45) is 0 Å². The van der Waals surface area contributed by atoms with Gasteiger partial charge in [0.25, 0.3) is 0 Å². The molecule has 2 amide bonds. The summed E-state index contributed by atoms with van der Waals surface area (Å²) in [5.74, 6) is 0.644. The van der Waals surface area contributed by atoms with Crippen LogP contribution < -0.4 is 10.6 Å². The molecule has 118 valence electrons. The second-order valence-corrected chi connectivity index (χ2v) is 6.07. The number of urea groups is 1. The number of hydrogen-bond acceptors (Lipinski definition) is 3. The summed E-state index contributed by atoms with van der Waals surface area (Å²) < 4.78 is 18.8. The number of amides is 2. The van der Waals surface area contributed by atoms with E-state index in [1.54, 1.807) is 18.2 Å². The van der Waals surface area contributed by atoms with Crippen LogP contribution in [0.1, 0.15) is 39.0 Å². The van der Waals surface area contributed by atoms with E-state index in [-0.39, 0.29) is 11.2 Å². The second-order valence-electron chi connectivity index (χ2n) is 6.07. The average Bonchev–Trinajstić information content (AvgIpc) is 2.87. The van der Waals surface area contributed by atoms with Crippen LogP contribution in [0.2, 0.25) is 0 Å². The lowest BCUT2D eigenvalue weighted by molar-refractivity contribution is 0.262. The summed E-state index contributed by atoms with van der Waals surface area (Å²) in [4.78, 5) is 11.9. The molecule has 0 atom stereocenters. The van der Waals surface area contributed by atoms with Gasteiger partial charge in [0.2, 0.25) is 0 Å². The molecule has 1 aromatic carbocycles. The Bertz CT molecular complexity index is 674. The number of rotatable bonds is 3. The maximum atomic E-state index is 13.7. The Labute approximate surface area is 128 Å². The van der Waals surface area contributed by atoms with Crippen molar-refractivity contribution in [3.8, 4) is 0 Å². The van der Waals surface area contributed by atoms with Crippen LogP contribution >= 0.6 is 0 Å². The molecule has 2 N–H and O–H groups in total. The summed E-state index contributed by atoms with van der Waals surface area (Å²) in [6.45, 7) is 7.82. The van der Waals surface area contributed by atoms with Crippen molar-refractivity contribution in [1.82, 2.24) is 5.16 Å². The normalized spacial score (nSPS) is 11.3. The molecule has 6 heteroatoms. The van der Waals surface area contributed by atoms with Crippen LogP contribution in [0.4, 0.5) is 20.7 Å². The highest BCUT2D eigenvalue weighted by molar-refractivity contribution is 5.99. The first-order valence-electron chi connectivity index (χ1n) is 7.13. The van der Waals surface area contributed by atoms with Crippen molar-refractivity contribution in [1.29, 1.82) is 0 Å². The SMILES string of the molecule is CCc1ccc(NC(=O)Nc2cc(C(C)(C)C)on2)cc1F. The second kappa shape index (κ2) is 6.17. The Morgan fingerprint density at radius 3 is 2.55 bits per heavy atom. The van der Waals surface area contributed by atoms with Gasteiger partial charge in [0.05, 0.1) is 0 Å². The van der Waals surface area contributed by atoms with Gasteiger partial charge in [-0.05, 0) is 24.1 Å². The van der Waals surface area contributed by atoms with E-state index in [2.05, 4.69) is 15.8 Å². The average molecular weight is 305 g/mol. The number of aryl methyl sites for hydroxylation is 1. The lowest BCUT2D eigenvalue weighted by Crippen LogP contribution is -2.19. The summed E-state index contributed by atoms with van der Waals surface area (Å²) in [7, 11) is 0. The Kier molecular flexibility index (Phi) is 4.49. The first-order valence-corrected chi connectivity index (χ1v) is 7.13. The molecule has 1 heterocycles. The Morgan fingerprint density at radius 2 is 2.00 bits per heavy atom. The van der Waals surface area contributed by atoms with Crippen LogP contribution in [0.15, 0.2) is 28.8 Å². The van der Waals surface area contributed by atoms with E-state index in [4.69, 9.17) is 4.52 Å². The molecular weight excluding hydrogens is 285 g/mol. The molecule has 1 aromatic heterocycles. The van der Waals surface area contributed by atoms with Crippen LogP contribution in [-0.4, -0.2) is 11.2 Å². The van der Waals surface area contributed by atoms with Crippen LogP contribution in [0, 0.1) is 5.82 Å². The lowest BCUT2D eigenvalue weighted by Gasteiger charge is -2.12.